The Kier molecular flexibility index (Phi) is 6.86. The van der Waals surface area contributed by atoms with Crippen LogP contribution in [-0.4, -0.2) is 78.1 Å². The van der Waals surface area contributed by atoms with E-state index < -0.39 is 41.7 Å². The zero-order chi connectivity index (χ0) is 25.3. The van der Waals surface area contributed by atoms with Crippen molar-refractivity contribution in [2.45, 2.75) is 25.2 Å². The van der Waals surface area contributed by atoms with Crippen LogP contribution in [0.15, 0.2) is 48.2 Å². The number of nitrogens with zero attached hydrogens (tertiary/aromatic N) is 3. The number of halogens is 3. The van der Waals surface area contributed by atoms with Crippen molar-refractivity contribution in [3.8, 4) is 0 Å². The average Bonchev–Trinajstić information content (AvgIpc) is 3.17. The summed E-state index contributed by atoms with van der Waals surface area (Å²) >= 11 is 0. The monoisotopic (exact) mass is 493 g/mol. The number of hydrogen-bond acceptors (Lipinski definition) is 5. The van der Waals surface area contributed by atoms with Crippen LogP contribution in [0.3, 0.4) is 0 Å². The smallest absolute Gasteiger partial charge is 0.379 e. The maximum atomic E-state index is 13.8. The molecule has 1 aromatic carbocycles. The third kappa shape index (κ3) is 4.76. The molecule has 1 saturated heterocycles. The van der Waals surface area contributed by atoms with Crippen LogP contribution >= 0.6 is 0 Å². The largest absolute Gasteiger partial charge is 0.416 e. The summed E-state index contributed by atoms with van der Waals surface area (Å²) in [6.07, 6.45) is -3.23. The first kappa shape index (κ1) is 24.7. The van der Waals surface area contributed by atoms with Crippen LogP contribution in [0.25, 0.3) is 0 Å². The number of morpholine rings is 1. The number of hydrogen-bond donors (Lipinski definition) is 2. The van der Waals surface area contributed by atoms with Gasteiger partial charge in [-0.1, -0.05) is 24.3 Å². The van der Waals surface area contributed by atoms with E-state index in [-0.39, 0.29) is 29.9 Å². The van der Waals surface area contributed by atoms with Gasteiger partial charge in [0.15, 0.2) is 0 Å². The molecule has 3 aliphatic rings. The predicted molar refractivity (Wildman–Crippen MR) is 118 cm³/mol. The molecule has 2 atom stereocenters. The highest BCUT2D eigenvalue weighted by Gasteiger charge is 2.48. The quantitative estimate of drug-likeness (QED) is 0.590. The number of alkyl halides is 3. The Morgan fingerprint density at radius 2 is 1.97 bits per heavy atom. The average molecular weight is 493 g/mol. The minimum absolute atomic E-state index is 0.00849. The Bertz CT molecular complexity index is 1070. The summed E-state index contributed by atoms with van der Waals surface area (Å²) < 4.78 is 46.5. The summed E-state index contributed by atoms with van der Waals surface area (Å²) in [5.74, 6) is -1.05. The molecule has 0 aliphatic carbocycles. The maximum absolute atomic E-state index is 13.8. The van der Waals surface area contributed by atoms with E-state index in [1.165, 1.54) is 41.0 Å². The van der Waals surface area contributed by atoms with Crippen LogP contribution < -0.4 is 10.7 Å². The summed E-state index contributed by atoms with van der Waals surface area (Å²) in [5, 5.41) is 4.24. The number of rotatable bonds is 6. The Balaban J connectivity index is 1.67. The highest BCUT2D eigenvalue weighted by atomic mass is 19.4. The highest BCUT2D eigenvalue weighted by molar-refractivity contribution is 6.03. The Morgan fingerprint density at radius 3 is 2.63 bits per heavy atom. The number of hydrazine groups is 1. The fourth-order valence-electron chi connectivity index (χ4n) is 4.45. The fraction of sp³-hybridized carbons (Fsp3) is 0.435. The molecule has 0 spiro atoms. The maximum Gasteiger partial charge on any atom is 0.416 e. The molecule has 3 aliphatic heterocycles. The van der Waals surface area contributed by atoms with E-state index in [4.69, 9.17) is 4.74 Å². The number of ether oxygens (including phenoxy) is 1. The van der Waals surface area contributed by atoms with Crippen LogP contribution in [0.2, 0.25) is 0 Å². The second-order valence-electron chi connectivity index (χ2n) is 8.41. The molecule has 0 aromatic heterocycles. The van der Waals surface area contributed by atoms with Gasteiger partial charge in [0.2, 0.25) is 0 Å². The summed E-state index contributed by atoms with van der Waals surface area (Å²) in [7, 11) is 0. The van der Waals surface area contributed by atoms with Crippen LogP contribution in [0.4, 0.5) is 18.0 Å². The van der Waals surface area contributed by atoms with E-state index in [1.807, 2.05) is 0 Å². The first-order valence-electron chi connectivity index (χ1n) is 11.2. The third-order valence-electron chi connectivity index (χ3n) is 6.26. The standard InChI is InChI=1S/C23H26F3N5O4/c1-3-8-30-17-13-31(14(2)20(32)28-29-9-11-35-12-10-29)21(33)18(17)19(27-22(30)34)15-6-4-5-7-16(15)23(24,25)26/h3-7,14,19H,1,8-13H2,2H3,(H,27,34)(H,28,32)/t14-,19+/m0/s1. The van der Waals surface area contributed by atoms with Crippen molar-refractivity contribution in [2.75, 3.05) is 39.4 Å². The lowest BCUT2D eigenvalue weighted by Crippen LogP contribution is -2.54. The molecule has 0 radical (unpaired) electrons. The van der Waals surface area contributed by atoms with E-state index in [2.05, 4.69) is 17.3 Å². The van der Waals surface area contributed by atoms with Crippen molar-refractivity contribution >= 4 is 17.8 Å². The number of nitrogens with one attached hydrogen (secondary N) is 2. The van der Waals surface area contributed by atoms with Crippen molar-refractivity contribution in [3.05, 3.63) is 59.3 Å². The van der Waals surface area contributed by atoms with Gasteiger partial charge < -0.3 is 15.0 Å². The fourth-order valence-corrected chi connectivity index (χ4v) is 4.45. The third-order valence-corrected chi connectivity index (χ3v) is 6.26. The summed E-state index contributed by atoms with van der Waals surface area (Å²) in [6, 6.07) is 1.92. The number of urea groups is 1. The minimum Gasteiger partial charge on any atom is -0.379 e. The SMILES string of the molecule is C=CCN1C(=O)N[C@H](c2ccccc2C(F)(F)F)C2=C1CN([C@@H](C)C(=O)NN1CCOCC1)C2=O. The Labute approximate surface area is 200 Å². The van der Waals surface area contributed by atoms with Crippen molar-refractivity contribution in [3.63, 3.8) is 0 Å². The number of carbonyl (C=O) groups excluding carboxylic acids is 3. The van der Waals surface area contributed by atoms with Gasteiger partial charge in [0, 0.05) is 19.6 Å². The number of carbonyl (C=O) groups is 3. The van der Waals surface area contributed by atoms with Gasteiger partial charge >= 0.3 is 12.2 Å². The van der Waals surface area contributed by atoms with Gasteiger partial charge in [0.1, 0.15) is 6.04 Å². The summed E-state index contributed by atoms with van der Waals surface area (Å²) in [4.78, 5) is 41.8. The lowest BCUT2D eigenvalue weighted by atomic mass is 9.91. The Morgan fingerprint density at radius 1 is 1.29 bits per heavy atom. The molecule has 188 valence electrons. The van der Waals surface area contributed by atoms with E-state index in [1.54, 1.807) is 5.01 Å². The van der Waals surface area contributed by atoms with Gasteiger partial charge in [-0.2, -0.15) is 13.2 Å². The van der Waals surface area contributed by atoms with Crippen molar-refractivity contribution in [2.24, 2.45) is 0 Å². The van der Waals surface area contributed by atoms with Gasteiger partial charge in [-0.15, -0.1) is 6.58 Å². The Hall–Kier alpha value is -3.38. The van der Waals surface area contributed by atoms with Crippen LogP contribution in [-0.2, 0) is 20.5 Å². The van der Waals surface area contributed by atoms with Crippen molar-refractivity contribution < 1.29 is 32.3 Å². The molecular weight excluding hydrogens is 467 g/mol. The molecule has 9 nitrogen and oxygen atoms in total. The molecule has 0 bridgehead atoms. The normalized spacial score (nSPS) is 22.1. The zero-order valence-electron chi connectivity index (χ0n) is 19.1. The van der Waals surface area contributed by atoms with E-state index in [0.717, 1.165) is 6.07 Å². The molecule has 2 N–H and O–H groups in total. The van der Waals surface area contributed by atoms with Crippen LogP contribution in [0, 0.1) is 0 Å². The number of amides is 4. The first-order chi connectivity index (χ1) is 16.6. The molecule has 1 fully saturated rings. The molecule has 4 rings (SSSR count). The van der Waals surface area contributed by atoms with Gasteiger partial charge in [-0.05, 0) is 18.6 Å². The number of benzene rings is 1. The molecule has 0 unspecified atom stereocenters. The van der Waals surface area contributed by atoms with Crippen LogP contribution in [0.5, 0.6) is 0 Å². The zero-order valence-corrected chi connectivity index (χ0v) is 19.1. The second kappa shape index (κ2) is 9.70. The second-order valence-corrected chi connectivity index (χ2v) is 8.41. The van der Waals surface area contributed by atoms with Gasteiger partial charge in [0.05, 0.1) is 42.6 Å². The highest BCUT2D eigenvalue weighted by Crippen LogP contribution is 2.41. The van der Waals surface area contributed by atoms with Gasteiger partial charge in [0.25, 0.3) is 11.8 Å². The summed E-state index contributed by atoms with van der Waals surface area (Å²) in [5.41, 5.74) is 1.84. The molecule has 1 aromatic rings. The summed E-state index contributed by atoms with van der Waals surface area (Å²) in [6.45, 7) is 7.00. The molecule has 4 amide bonds. The van der Waals surface area contributed by atoms with E-state index in [9.17, 15) is 27.6 Å². The topological polar surface area (TPSA) is 94.2 Å². The molecule has 35 heavy (non-hydrogen) atoms. The van der Waals surface area contributed by atoms with Gasteiger partial charge in [-0.3, -0.25) is 19.9 Å². The lowest BCUT2D eigenvalue weighted by Gasteiger charge is -2.33. The molecular formula is C23H26F3N5O4. The van der Waals surface area contributed by atoms with Gasteiger partial charge in [-0.25, -0.2) is 9.80 Å². The van der Waals surface area contributed by atoms with E-state index in [0.29, 0.717) is 26.3 Å². The predicted octanol–water partition coefficient (Wildman–Crippen LogP) is 1.81. The van der Waals surface area contributed by atoms with Crippen molar-refractivity contribution in [1.29, 1.82) is 0 Å². The molecule has 3 heterocycles. The lowest BCUT2D eigenvalue weighted by molar-refractivity contribution is -0.140. The molecule has 0 saturated carbocycles. The van der Waals surface area contributed by atoms with E-state index >= 15 is 0 Å². The first-order valence-corrected chi connectivity index (χ1v) is 11.2. The minimum atomic E-state index is -4.69. The van der Waals surface area contributed by atoms with Crippen LogP contribution in [0.1, 0.15) is 24.1 Å². The molecule has 12 heteroatoms. The van der Waals surface area contributed by atoms with Crippen molar-refractivity contribution in [1.82, 2.24) is 25.6 Å².